The van der Waals surface area contributed by atoms with E-state index in [1.165, 1.54) is 0 Å². The molecule has 0 aliphatic carbocycles. The smallest absolute Gasteiger partial charge is 0.252 e. The Labute approximate surface area is 174 Å². The predicted octanol–water partition coefficient (Wildman–Crippen LogP) is 3.18. The van der Waals surface area contributed by atoms with Crippen LogP contribution in [0.25, 0.3) is 22.3 Å². The number of hydrogen-bond acceptors (Lipinski definition) is 5. The minimum absolute atomic E-state index is 0.189. The van der Waals surface area contributed by atoms with Crippen molar-refractivity contribution in [3.8, 4) is 17.0 Å². The predicted molar refractivity (Wildman–Crippen MR) is 114 cm³/mol. The van der Waals surface area contributed by atoms with Crippen LogP contribution < -0.4 is 10.1 Å². The Morgan fingerprint density at radius 3 is 2.50 bits per heavy atom. The molecular formula is C22H24N6O2. The van der Waals surface area contributed by atoms with Crippen LogP contribution in [0.4, 0.5) is 0 Å². The normalized spacial score (nSPS) is 12.2. The summed E-state index contributed by atoms with van der Waals surface area (Å²) >= 11 is 0. The van der Waals surface area contributed by atoms with E-state index >= 15 is 0 Å². The molecule has 1 amide bonds. The largest absolute Gasteiger partial charge is 0.497 e. The first-order valence-electron chi connectivity index (χ1n) is 9.66. The minimum Gasteiger partial charge on any atom is -0.497 e. The molecule has 3 aromatic heterocycles. The number of hydrogen-bond donors (Lipinski definition) is 1. The van der Waals surface area contributed by atoms with Crippen LogP contribution in [0.3, 0.4) is 0 Å². The zero-order valence-corrected chi connectivity index (χ0v) is 17.7. The SMILES string of the molecule is COc1ccc(-c2cc(C(=O)N[C@H](C)c3ccn(C)n3)c3c(C)nn(C)c3n2)cc1. The molecule has 154 valence electrons. The van der Waals surface area contributed by atoms with Crippen LogP contribution in [-0.2, 0) is 14.1 Å². The number of aromatic nitrogens is 5. The van der Waals surface area contributed by atoms with Crippen molar-refractivity contribution in [3.63, 3.8) is 0 Å². The molecule has 0 bridgehead atoms. The summed E-state index contributed by atoms with van der Waals surface area (Å²) in [5, 5.41) is 12.7. The molecule has 4 aromatic rings. The van der Waals surface area contributed by atoms with Gasteiger partial charge in [-0.2, -0.15) is 10.2 Å². The first kappa shape index (κ1) is 19.6. The van der Waals surface area contributed by atoms with Crippen LogP contribution in [0.2, 0.25) is 0 Å². The van der Waals surface area contributed by atoms with Crippen LogP contribution in [0.1, 0.15) is 34.7 Å². The second-order valence-electron chi connectivity index (χ2n) is 7.30. The molecule has 3 heterocycles. The number of fused-ring (bicyclic) bond motifs is 1. The Morgan fingerprint density at radius 2 is 1.87 bits per heavy atom. The van der Waals surface area contributed by atoms with Gasteiger partial charge in [0.05, 0.1) is 41.2 Å². The number of methoxy groups -OCH3 is 1. The van der Waals surface area contributed by atoms with E-state index in [0.29, 0.717) is 16.9 Å². The Morgan fingerprint density at radius 1 is 1.13 bits per heavy atom. The lowest BCUT2D eigenvalue weighted by Crippen LogP contribution is -2.27. The van der Waals surface area contributed by atoms with Gasteiger partial charge in [-0.15, -0.1) is 0 Å². The molecular weight excluding hydrogens is 380 g/mol. The number of rotatable bonds is 5. The Kier molecular flexibility index (Phi) is 4.99. The van der Waals surface area contributed by atoms with Crippen molar-refractivity contribution in [2.75, 3.05) is 7.11 Å². The molecule has 0 radical (unpaired) electrons. The van der Waals surface area contributed by atoms with Gasteiger partial charge in [-0.1, -0.05) is 0 Å². The highest BCUT2D eigenvalue weighted by Crippen LogP contribution is 2.28. The number of ether oxygens (including phenoxy) is 1. The van der Waals surface area contributed by atoms with Crippen molar-refractivity contribution < 1.29 is 9.53 Å². The van der Waals surface area contributed by atoms with Crippen LogP contribution in [0.5, 0.6) is 5.75 Å². The summed E-state index contributed by atoms with van der Waals surface area (Å²) in [6.07, 6.45) is 1.86. The van der Waals surface area contributed by atoms with E-state index < -0.39 is 0 Å². The van der Waals surface area contributed by atoms with Crippen LogP contribution >= 0.6 is 0 Å². The average Bonchev–Trinajstić information content (AvgIpc) is 3.30. The van der Waals surface area contributed by atoms with E-state index in [0.717, 1.165) is 28.1 Å². The summed E-state index contributed by atoms with van der Waals surface area (Å²) in [4.78, 5) is 18.0. The van der Waals surface area contributed by atoms with Gasteiger partial charge in [0.1, 0.15) is 5.75 Å². The van der Waals surface area contributed by atoms with Crippen molar-refractivity contribution in [2.45, 2.75) is 19.9 Å². The Hall–Kier alpha value is -3.68. The molecule has 1 aromatic carbocycles. The molecule has 1 N–H and O–H groups in total. The molecule has 1 atom stereocenters. The molecule has 8 nitrogen and oxygen atoms in total. The fourth-order valence-electron chi connectivity index (χ4n) is 3.55. The maximum Gasteiger partial charge on any atom is 0.252 e. The standard InChI is InChI=1S/C22H24N6O2/c1-13(18-10-11-27(3)26-18)23-22(29)17-12-19(15-6-8-16(30-5)9-7-15)24-21-20(17)14(2)25-28(21)4/h6-13H,1-5H3,(H,23,29)/t13-/m1/s1. The van der Waals surface area contributed by atoms with Crippen LogP contribution in [0, 0.1) is 6.92 Å². The van der Waals surface area contributed by atoms with Gasteiger partial charge in [0, 0.05) is 25.9 Å². The Balaban J connectivity index is 1.77. The van der Waals surface area contributed by atoms with Gasteiger partial charge >= 0.3 is 0 Å². The molecule has 0 saturated carbocycles. The quantitative estimate of drug-likeness (QED) is 0.552. The molecule has 30 heavy (non-hydrogen) atoms. The van der Waals surface area contributed by atoms with Crippen molar-refractivity contribution in [2.24, 2.45) is 14.1 Å². The summed E-state index contributed by atoms with van der Waals surface area (Å²) < 4.78 is 8.66. The molecule has 0 aliphatic heterocycles. The maximum atomic E-state index is 13.3. The number of aryl methyl sites for hydroxylation is 3. The zero-order chi connectivity index (χ0) is 21.4. The highest BCUT2D eigenvalue weighted by Gasteiger charge is 2.21. The molecule has 4 rings (SSSR count). The lowest BCUT2D eigenvalue weighted by molar-refractivity contribution is 0.0940. The summed E-state index contributed by atoms with van der Waals surface area (Å²) in [6, 6.07) is 11.1. The van der Waals surface area contributed by atoms with Gasteiger partial charge in [0.15, 0.2) is 5.65 Å². The van der Waals surface area contributed by atoms with Crippen LogP contribution in [0.15, 0.2) is 42.6 Å². The topological polar surface area (TPSA) is 86.9 Å². The van der Waals surface area contributed by atoms with Crippen LogP contribution in [-0.4, -0.2) is 37.6 Å². The number of carbonyl (C=O) groups excluding carboxylic acids is 1. The summed E-state index contributed by atoms with van der Waals surface area (Å²) in [5.41, 5.74) is 4.36. The van der Waals surface area contributed by atoms with Gasteiger partial charge in [0.25, 0.3) is 5.91 Å². The first-order chi connectivity index (χ1) is 14.4. The zero-order valence-electron chi connectivity index (χ0n) is 17.7. The number of nitrogens with zero attached hydrogens (tertiary/aromatic N) is 5. The van der Waals surface area contributed by atoms with Gasteiger partial charge in [-0.05, 0) is 50.2 Å². The molecule has 0 aliphatic rings. The van der Waals surface area contributed by atoms with Gasteiger partial charge in [0.2, 0.25) is 0 Å². The summed E-state index contributed by atoms with van der Waals surface area (Å²) in [7, 11) is 5.31. The molecule has 8 heteroatoms. The third kappa shape index (κ3) is 3.52. The fraction of sp³-hybridized carbons (Fsp3) is 0.273. The average molecular weight is 404 g/mol. The Bertz CT molecular complexity index is 1220. The fourth-order valence-corrected chi connectivity index (χ4v) is 3.55. The molecule has 0 unspecified atom stereocenters. The summed E-state index contributed by atoms with van der Waals surface area (Å²) in [5.74, 6) is 0.574. The van der Waals surface area contributed by atoms with Crippen molar-refractivity contribution >= 4 is 16.9 Å². The van der Waals surface area contributed by atoms with E-state index in [-0.39, 0.29) is 11.9 Å². The van der Waals surface area contributed by atoms with Gasteiger partial charge in [-0.3, -0.25) is 14.2 Å². The lowest BCUT2D eigenvalue weighted by atomic mass is 10.0. The second-order valence-corrected chi connectivity index (χ2v) is 7.30. The molecule has 0 fully saturated rings. The highest BCUT2D eigenvalue weighted by molar-refractivity contribution is 6.07. The van der Waals surface area contributed by atoms with E-state index in [1.807, 2.05) is 70.5 Å². The number of pyridine rings is 1. The van der Waals surface area contributed by atoms with Gasteiger partial charge in [-0.25, -0.2) is 4.98 Å². The van der Waals surface area contributed by atoms with E-state index in [9.17, 15) is 4.79 Å². The van der Waals surface area contributed by atoms with E-state index in [2.05, 4.69) is 15.5 Å². The van der Waals surface area contributed by atoms with Crippen molar-refractivity contribution in [3.05, 3.63) is 59.5 Å². The first-order valence-corrected chi connectivity index (χ1v) is 9.66. The maximum absolute atomic E-state index is 13.3. The van der Waals surface area contributed by atoms with E-state index in [4.69, 9.17) is 9.72 Å². The van der Waals surface area contributed by atoms with E-state index in [1.54, 1.807) is 16.5 Å². The number of amides is 1. The third-order valence-electron chi connectivity index (χ3n) is 5.12. The molecule has 0 spiro atoms. The lowest BCUT2D eigenvalue weighted by Gasteiger charge is -2.13. The molecule has 0 saturated heterocycles. The second kappa shape index (κ2) is 7.62. The van der Waals surface area contributed by atoms with Gasteiger partial charge < -0.3 is 10.1 Å². The van der Waals surface area contributed by atoms with Crippen molar-refractivity contribution in [1.82, 2.24) is 29.9 Å². The number of carbonyl (C=O) groups is 1. The monoisotopic (exact) mass is 404 g/mol. The highest BCUT2D eigenvalue weighted by atomic mass is 16.5. The minimum atomic E-state index is -0.233. The summed E-state index contributed by atoms with van der Waals surface area (Å²) in [6.45, 7) is 3.80. The number of nitrogens with one attached hydrogen (secondary N) is 1. The third-order valence-corrected chi connectivity index (χ3v) is 5.12. The number of benzene rings is 1. The van der Waals surface area contributed by atoms with Crippen molar-refractivity contribution in [1.29, 1.82) is 0 Å².